The molecule has 0 fully saturated rings. The number of pyridine rings is 2. The Balaban J connectivity index is 0.918. The molecule has 0 saturated heterocycles. The molecule has 5 heterocycles. The molecule has 0 saturated carbocycles. The maximum atomic E-state index is 5.22. The SMILES string of the molecule is CN1CC=CN=C1C1C=Cc2ccc(-c3ccc4ccc(-c5ccc(-c6ccc7c(n6)C6N=C(c8ccccc8)C=CC6C=C7)cc5)cc4n3)cc2N1C. The lowest BCUT2D eigenvalue weighted by molar-refractivity contribution is 0.535. The Bertz CT molecular complexity index is 2630. The molecule has 4 aliphatic rings. The monoisotopic (exact) mass is 698 g/mol. The predicted molar refractivity (Wildman–Crippen MR) is 224 cm³/mol. The smallest absolute Gasteiger partial charge is 0.131 e. The second kappa shape index (κ2) is 13.1. The summed E-state index contributed by atoms with van der Waals surface area (Å²) < 4.78 is 0. The van der Waals surface area contributed by atoms with Crippen molar-refractivity contribution in [1.29, 1.82) is 0 Å². The van der Waals surface area contributed by atoms with Crippen LogP contribution >= 0.6 is 0 Å². The van der Waals surface area contributed by atoms with E-state index in [1.165, 1.54) is 11.3 Å². The van der Waals surface area contributed by atoms with Gasteiger partial charge in [0.05, 0.1) is 28.3 Å². The summed E-state index contributed by atoms with van der Waals surface area (Å²) in [5.74, 6) is 1.26. The molecule has 6 aromatic rings. The fourth-order valence-electron chi connectivity index (χ4n) is 8.02. The summed E-state index contributed by atoms with van der Waals surface area (Å²) in [6.07, 6.45) is 17.3. The average molecular weight is 699 g/mol. The van der Waals surface area contributed by atoms with Gasteiger partial charge in [-0.2, -0.15) is 0 Å². The number of aromatic nitrogens is 2. The van der Waals surface area contributed by atoms with E-state index in [1.807, 2.05) is 12.3 Å². The fraction of sp³-hybridized carbons (Fsp3) is 0.125. The first-order valence-electron chi connectivity index (χ1n) is 18.6. The number of hydrogen-bond donors (Lipinski definition) is 0. The van der Waals surface area contributed by atoms with E-state index >= 15 is 0 Å². The molecule has 0 spiro atoms. The first-order valence-corrected chi connectivity index (χ1v) is 18.6. The van der Waals surface area contributed by atoms with E-state index in [2.05, 4.69) is 176 Å². The van der Waals surface area contributed by atoms with Crippen LogP contribution < -0.4 is 4.90 Å². The van der Waals surface area contributed by atoms with Gasteiger partial charge in [0.15, 0.2) is 0 Å². The third-order valence-electron chi connectivity index (χ3n) is 11.1. The van der Waals surface area contributed by atoms with Crippen LogP contribution in [0.15, 0.2) is 162 Å². The minimum absolute atomic E-state index is 0.0356. The first kappa shape index (κ1) is 32.0. The number of rotatable bonds is 5. The van der Waals surface area contributed by atoms with Gasteiger partial charge < -0.3 is 9.80 Å². The molecule has 260 valence electrons. The van der Waals surface area contributed by atoms with Gasteiger partial charge in [-0.15, -0.1) is 0 Å². The van der Waals surface area contributed by atoms with Crippen LogP contribution in [0.2, 0.25) is 0 Å². The van der Waals surface area contributed by atoms with Crippen molar-refractivity contribution in [3.63, 3.8) is 0 Å². The quantitative estimate of drug-likeness (QED) is 0.180. The fourth-order valence-corrected chi connectivity index (χ4v) is 8.02. The topological polar surface area (TPSA) is 57.0 Å². The highest BCUT2D eigenvalue weighted by Crippen LogP contribution is 2.39. The Labute approximate surface area is 315 Å². The number of likely N-dealkylation sites (N-methyl/N-ethyl adjacent to an activating group) is 2. The molecule has 0 radical (unpaired) electrons. The van der Waals surface area contributed by atoms with Gasteiger partial charge in [0.25, 0.3) is 0 Å². The van der Waals surface area contributed by atoms with Crippen LogP contribution in [0.5, 0.6) is 0 Å². The molecule has 2 aromatic heterocycles. The summed E-state index contributed by atoms with van der Waals surface area (Å²) in [7, 11) is 4.25. The largest absolute Gasteiger partial charge is 0.360 e. The maximum absolute atomic E-state index is 5.22. The number of anilines is 1. The highest BCUT2D eigenvalue weighted by Gasteiger charge is 2.29. The Morgan fingerprint density at radius 1 is 0.611 bits per heavy atom. The number of allylic oxidation sites excluding steroid dienone is 1. The van der Waals surface area contributed by atoms with Crippen LogP contribution in [0, 0.1) is 5.92 Å². The molecule has 0 amide bonds. The standard InChI is InChI=1S/C48H38N6/c1-53-28-6-27-49-48(53)44-26-22-35-14-18-39(30-45(35)54(44)2)42-23-19-34-13-17-38(29-43(34)50-42)31-9-11-33(12-10-31)41-25-21-37-16-15-36-20-24-40(32-7-4-3-5-8-32)51-46(36)47(37)52-41/h3-27,29-30,36,44,46H,28H2,1-2H3. The molecule has 3 unspecified atom stereocenters. The lowest BCUT2D eigenvalue weighted by Crippen LogP contribution is -2.47. The van der Waals surface area contributed by atoms with Crippen molar-refractivity contribution < 1.29 is 0 Å². The zero-order valence-corrected chi connectivity index (χ0v) is 30.2. The van der Waals surface area contributed by atoms with Gasteiger partial charge in [0.2, 0.25) is 0 Å². The molecule has 6 heteroatoms. The Hall–Kier alpha value is -6.66. The number of aliphatic imine (C=N–C) groups is 2. The van der Waals surface area contributed by atoms with Crippen molar-refractivity contribution in [1.82, 2.24) is 14.9 Å². The molecule has 3 atom stereocenters. The van der Waals surface area contributed by atoms with E-state index in [0.29, 0.717) is 0 Å². The molecule has 0 bridgehead atoms. The lowest BCUT2D eigenvalue weighted by atomic mass is 9.85. The summed E-state index contributed by atoms with van der Waals surface area (Å²) >= 11 is 0. The van der Waals surface area contributed by atoms with Crippen molar-refractivity contribution in [3.8, 4) is 33.6 Å². The van der Waals surface area contributed by atoms with Gasteiger partial charge in [-0.05, 0) is 64.2 Å². The van der Waals surface area contributed by atoms with Gasteiger partial charge >= 0.3 is 0 Å². The van der Waals surface area contributed by atoms with Crippen molar-refractivity contribution in [2.24, 2.45) is 15.9 Å². The van der Waals surface area contributed by atoms with Crippen LogP contribution in [0.25, 0.3) is 56.7 Å². The van der Waals surface area contributed by atoms with Crippen LogP contribution in [-0.2, 0) is 0 Å². The third kappa shape index (κ3) is 5.67. The van der Waals surface area contributed by atoms with Gasteiger partial charge in [0, 0.05) is 55.0 Å². The molecule has 10 rings (SSSR count). The number of amidine groups is 1. The predicted octanol–water partition coefficient (Wildman–Crippen LogP) is 10.1. The summed E-state index contributed by atoms with van der Waals surface area (Å²) in [6.45, 7) is 0.867. The Morgan fingerprint density at radius 3 is 2.20 bits per heavy atom. The molecule has 3 aliphatic heterocycles. The van der Waals surface area contributed by atoms with E-state index in [0.717, 1.165) is 79.5 Å². The van der Waals surface area contributed by atoms with Crippen LogP contribution in [-0.4, -0.2) is 53.1 Å². The Morgan fingerprint density at radius 2 is 1.33 bits per heavy atom. The number of hydrogen-bond acceptors (Lipinski definition) is 6. The number of nitrogens with zero attached hydrogens (tertiary/aromatic N) is 6. The van der Waals surface area contributed by atoms with E-state index in [-0.39, 0.29) is 18.0 Å². The molecular weight excluding hydrogens is 661 g/mol. The molecule has 1 aliphatic carbocycles. The minimum Gasteiger partial charge on any atom is -0.360 e. The average Bonchev–Trinajstić information content (AvgIpc) is 3.23. The van der Waals surface area contributed by atoms with Crippen LogP contribution in [0.4, 0.5) is 5.69 Å². The Kier molecular flexibility index (Phi) is 7.76. The van der Waals surface area contributed by atoms with Gasteiger partial charge in [-0.25, -0.2) is 15.0 Å². The van der Waals surface area contributed by atoms with Crippen LogP contribution in [0.1, 0.15) is 28.4 Å². The van der Waals surface area contributed by atoms with E-state index < -0.39 is 0 Å². The third-order valence-corrected chi connectivity index (χ3v) is 11.1. The zero-order chi connectivity index (χ0) is 36.2. The second-order valence-electron chi connectivity index (χ2n) is 14.4. The normalized spacial score (nSPS) is 19.6. The summed E-state index contributed by atoms with van der Waals surface area (Å²) in [5, 5.41) is 1.12. The molecular formula is C48H38N6. The van der Waals surface area contributed by atoms with Crippen LogP contribution in [0.3, 0.4) is 0 Å². The molecule has 54 heavy (non-hydrogen) atoms. The van der Waals surface area contributed by atoms with Gasteiger partial charge in [0.1, 0.15) is 17.9 Å². The van der Waals surface area contributed by atoms with Crippen molar-refractivity contribution in [2.75, 3.05) is 25.5 Å². The summed E-state index contributed by atoms with van der Waals surface area (Å²) in [5.41, 5.74) is 14.0. The number of fused-ring (bicyclic) bond motifs is 5. The summed E-state index contributed by atoms with van der Waals surface area (Å²) in [4.78, 5) is 24.8. The minimum atomic E-state index is -0.0356. The second-order valence-corrected chi connectivity index (χ2v) is 14.4. The van der Waals surface area contributed by atoms with Crippen molar-refractivity contribution in [3.05, 3.63) is 174 Å². The maximum Gasteiger partial charge on any atom is 0.131 e. The highest BCUT2D eigenvalue weighted by atomic mass is 15.3. The first-order chi connectivity index (χ1) is 26.6. The molecule has 0 N–H and O–H groups in total. The number of dihydropyridines is 1. The highest BCUT2D eigenvalue weighted by molar-refractivity contribution is 6.09. The van der Waals surface area contributed by atoms with Crippen molar-refractivity contribution >= 4 is 40.3 Å². The lowest BCUT2D eigenvalue weighted by Gasteiger charge is -2.37. The summed E-state index contributed by atoms with van der Waals surface area (Å²) in [6, 6.07) is 40.9. The van der Waals surface area contributed by atoms with Crippen molar-refractivity contribution in [2.45, 2.75) is 12.1 Å². The van der Waals surface area contributed by atoms with Gasteiger partial charge in [-0.3, -0.25) is 4.99 Å². The number of benzene rings is 4. The molecule has 4 aromatic carbocycles. The van der Waals surface area contributed by atoms with E-state index in [9.17, 15) is 0 Å². The van der Waals surface area contributed by atoms with E-state index in [4.69, 9.17) is 20.0 Å². The van der Waals surface area contributed by atoms with Gasteiger partial charge in [-0.1, -0.05) is 121 Å². The molecule has 6 nitrogen and oxygen atoms in total. The zero-order valence-electron chi connectivity index (χ0n) is 30.2. The van der Waals surface area contributed by atoms with E-state index in [1.54, 1.807) is 0 Å².